The number of pyridine rings is 2. The average molecular weight is 407 g/mol. The molecule has 0 aliphatic rings. The fourth-order valence-electron chi connectivity index (χ4n) is 2.39. The summed E-state index contributed by atoms with van der Waals surface area (Å²) in [5, 5.41) is 3.83. The molecule has 0 spiro atoms. The second-order valence-corrected chi connectivity index (χ2v) is 6.57. The summed E-state index contributed by atoms with van der Waals surface area (Å²) in [6.07, 6.45) is 3.12. The highest BCUT2D eigenvalue weighted by Crippen LogP contribution is 2.15. The smallest absolute Gasteiger partial charge is 0.257 e. The number of benzene rings is 1. The van der Waals surface area contributed by atoms with Gasteiger partial charge in [0.1, 0.15) is 10.2 Å². The Labute approximate surface area is 151 Å². The fourth-order valence-corrected chi connectivity index (χ4v) is 2.85. The zero-order chi connectivity index (χ0) is 17.3. The molecule has 0 atom stereocenters. The summed E-state index contributed by atoms with van der Waals surface area (Å²) in [7, 11) is 1.77. The van der Waals surface area contributed by atoms with E-state index in [0.29, 0.717) is 27.1 Å². The largest absolute Gasteiger partial charge is 0.348 e. The number of aromatic nitrogens is 2. The number of halogens is 2. The maximum absolute atomic E-state index is 12.6. The molecule has 7 heteroatoms. The first kappa shape index (κ1) is 16.7. The van der Waals surface area contributed by atoms with Crippen molar-refractivity contribution in [3.05, 3.63) is 73.7 Å². The summed E-state index contributed by atoms with van der Waals surface area (Å²) in [6.45, 7) is 0.317. The molecule has 0 saturated carbocycles. The molecule has 0 fully saturated rings. The molecular weight excluding hydrogens is 394 g/mol. The molecule has 122 valence electrons. The summed E-state index contributed by atoms with van der Waals surface area (Å²) >= 11 is 9.09. The van der Waals surface area contributed by atoms with E-state index in [1.807, 2.05) is 12.1 Å². The van der Waals surface area contributed by atoms with Crippen LogP contribution in [0, 0.1) is 0 Å². The van der Waals surface area contributed by atoms with Gasteiger partial charge in [-0.25, -0.2) is 4.98 Å². The van der Waals surface area contributed by atoms with E-state index in [1.165, 1.54) is 6.20 Å². The van der Waals surface area contributed by atoms with E-state index in [1.54, 1.807) is 36.0 Å². The van der Waals surface area contributed by atoms with Crippen LogP contribution in [-0.2, 0) is 13.6 Å². The molecule has 0 bridgehead atoms. The molecule has 0 unspecified atom stereocenters. The van der Waals surface area contributed by atoms with Gasteiger partial charge in [-0.2, -0.15) is 0 Å². The van der Waals surface area contributed by atoms with E-state index in [-0.39, 0.29) is 11.0 Å². The van der Waals surface area contributed by atoms with E-state index in [2.05, 4.69) is 26.2 Å². The van der Waals surface area contributed by atoms with Gasteiger partial charge in [0.25, 0.3) is 5.91 Å². The SMILES string of the molecule is Cn1cc(C(=O)NCc2ccc(Cl)cc2)c(=O)c2cc(Br)ncc21. The van der Waals surface area contributed by atoms with E-state index in [4.69, 9.17) is 11.6 Å². The molecule has 1 aromatic carbocycles. The average Bonchev–Trinajstić information content (AvgIpc) is 2.57. The molecule has 0 saturated heterocycles. The molecule has 0 aliphatic carbocycles. The second-order valence-electron chi connectivity index (χ2n) is 5.32. The lowest BCUT2D eigenvalue weighted by Crippen LogP contribution is -2.29. The van der Waals surface area contributed by atoms with Gasteiger partial charge in [-0.05, 0) is 39.7 Å². The van der Waals surface area contributed by atoms with E-state index in [9.17, 15) is 9.59 Å². The van der Waals surface area contributed by atoms with Gasteiger partial charge in [0, 0.05) is 24.8 Å². The minimum atomic E-state index is -0.416. The number of amides is 1. The highest BCUT2D eigenvalue weighted by molar-refractivity contribution is 9.10. The van der Waals surface area contributed by atoms with Crippen molar-refractivity contribution in [1.29, 1.82) is 0 Å². The standard InChI is InChI=1S/C17H13BrClN3O2/c1-22-9-13(16(23)12-6-15(18)20-8-14(12)22)17(24)21-7-10-2-4-11(19)5-3-10/h2-6,8-9H,7H2,1H3,(H,21,24). The van der Waals surface area contributed by atoms with Crippen molar-refractivity contribution in [2.45, 2.75) is 6.54 Å². The number of hydrogen-bond donors (Lipinski definition) is 1. The van der Waals surface area contributed by atoms with Crippen LogP contribution in [0.3, 0.4) is 0 Å². The van der Waals surface area contributed by atoms with Crippen LogP contribution in [0.5, 0.6) is 0 Å². The Morgan fingerprint density at radius 3 is 2.75 bits per heavy atom. The zero-order valence-corrected chi connectivity index (χ0v) is 15.1. The molecule has 2 heterocycles. The van der Waals surface area contributed by atoms with Gasteiger partial charge >= 0.3 is 0 Å². The van der Waals surface area contributed by atoms with Crippen LogP contribution < -0.4 is 10.7 Å². The Bertz CT molecular complexity index is 984. The Balaban J connectivity index is 1.91. The molecular formula is C17H13BrClN3O2. The first-order valence-electron chi connectivity index (χ1n) is 7.13. The molecule has 24 heavy (non-hydrogen) atoms. The first-order valence-corrected chi connectivity index (χ1v) is 8.30. The normalized spacial score (nSPS) is 10.8. The van der Waals surface area contributed by atoms with Crippen LogP contribution in [0.25, 0.3) is 10.9 Å². The summed E-state index contributed by atoms with van der Waals surface area (Å²) in [5.41, 5.74) is 1.34. The van der Waals surface area contributed by atoms with Crippen molar-refractivity contribution in [2.75, 3.05) is 0 Å². The monoisotopic (exact) mass is 405 g/mol. The highest BCUT2D eigenvalue weighted by atomic mass is 79.9. The van der Waals surface area contributed by atoms with Crippen molar-refractivity contribution in [2.24, 2.45) is 7.05 Å². The quantitative estimate of drug-likeness (QED) is 0.679. The number of nitrogens with zero attached hydrogens (tertiary/aromatic N) is 2. The number of fused-ring (bicyclic) bond motifs is 1. The van der Waals surface area contributed by atoms with Crippen molar-refractivity contribution in [3.8, 4) is 0 Å². The maximum atomic E-state index is 12.6. The molecule has 5 nitrogen and oxygen atoms in total. The molecule has 1 amide bonds. The van der Waals surface area contributed by atoms with Crippen LogP contribution in [-0.4, -0.2) is 15.5 Å². The summed E-state index contributed by atoms with van der Waals surface area (Å²) in [4.78, 5) is 29.1. The molecule has 3 rings (SSSR count). The van der Waals surface area contributed by atoms with E-state index >= 15 is 0 Å². The molecule has 0 aliphatic heterocycles. The summed E-state index contributed by atoms with van der Waals surface area (Å²) < 4.78 is 2.26. The molecule has 0 radical (unpaired) electrons. The minimum absolute atomic E-state index is 0.0945. The van der Waals surface area contributed by atoms with Gasteiger partial charge in [0.2, 0.25) is 5.43 Å². The predicted molar refractivity (Wildman–Crippen MR) is 97.3 cm³/mol. The Morgan fingerprint density at radius 1 is 1.33 bits per heavy atom. The van der Waals surface area contributed by atoms with Gasteiger partial charge in [0.05, 0.1) is 17.1 Å². The van der Waals surface area contributed by atoms with Crippen LogP contribution in [0.1, 0.15) is 15.9 Å². The van der Waals surface area contributed by atoms with Crippen molar-refractivity contribution in [3.63, 3.8) is 0 Å². The summed E-state index contributed by atoms with van der Waals surface area (Å²) in [5.74, 6) is -0.416. The summed E-state index contributed by atoms with van der Waals surface area (Å²) in [6, 6.07) is 8.77. The Kier molecular flexibility index (Phi) is 4.69. The third kappa shape index (κ3) is 3.34. The Morgan fingerprint density at radius 2 is 2.04 bits per heavy atom. The number of aryl methyl sites for hydroxylation is 1. The number of nitrogens with one attached hydrogen (secondary N) is 1. The van der Waals surface area contributed by atoms with Crippen molar-refractivity contribution >= 4 is 44.3 Å². The fraction of sp³-hybridized carbons (Fsp3) is 0.118. The van der Waals surface area contributed by atoms with Gasteiger partial charge in [-0.3, -0.25) is 9.59 Å². The number of carbonyl (C=O) groups excluding carboxylic acids is 1. The number of rotatable bonds is 3. The topological polar surface area (TPSA) is 64.0 Å². The van der Waals surface area contributed by atoms with E-state index < -0.39 is 5.91 Å². The van der Waals surface area contributed by atoms with Crippen molar-refractivity contribution < 1.29 is 4.79 Å². The van der Waals surface area contributed by atoms with Crippen LogP contribution in [0.4, 0.5) is 0 Å². The first-order chi connectivity index (χ1) is 11.5. The number of hydrogen-bond acceptors (Lipinski definition) is 3. The molecule has 2 aromatic heterocycles. The van der Waals surface area contributed by atoms with Crippen LogP contribution in [0.15, 0.2) is 52.1 Å². The third-order valence-corrected chi connectivity index (χ3v) is 4.34. The molecule has 3 aromatic rings. The minimum Gasteiger partial charge on any atom is -0.348 e. The predicted octanol–water partition coefficient (Wildman–Crippen LogP) is 3.28. The van der Waals surface area contributed by atoms with E-state index in [0.717, 1.165) is 5.56 Å². The van der Waals surface area contributed by atoms with Gasteiger partial charge in [-0.1, -0.05) is 23.7 Å². The van der Waals surface area contributed by atoms with Gasteiger partial charge in [-0.15, -0.1) is 0 Å². The number of carbonyl (C=O) groups is 1. The Hall–Kier alpha value is -2.18. The second kappa shape index (κ2) is 6.75. The van der Waals surface area contributed by atoms with Gasteiger partial charge in [0.15, 0.2) is 0 Å². The third-order valence-electron chi connectivity index (χ3n) is 3.65. The molecule has 1 N–H and O–H groups in total. The maximum Gasteiger partial charge on any atom is 0.257 e. The highest BCUT2D eigenvalue weighted by Gasteiger charge is 2.15. The van der Waals surface area contributed by atoms with Crippen LogP contribution >= 0.6 is 27.5 Å². The van der Waals surface area contributed by atoms with Crippen molar-refractivity contribution in [1.82, 2.24) is 14.9 Å². The zero-order valence-electron chi connectivity index (χ0n) is 12.7. The lowest BCUT2D eigenvalue weighted by atomic mass is 10.1. The van der Waals surface area contributed by atoms with Gasteiger partial charge < -0.3 is 9.88 Å². The lowest BCUT2D eigenvalue weighted by Gasteiger charge is -2.10. The van der Waals surface area contributed by atoms with Crippen LogP contribution in [0.2, 0.25) is 5.02 Å². The lowest BCUT2D eigenvalue weighted by molar-refractivity contribution is 0.0949.